The zero-order valence-corrected chi connectivity index (χ0v) is 13.0. The van der Waals surface area contributed by atoms with Crippen LogP contribution in [0.15, 0.2) is 24.3 Å². The lowest BCUT2D eigenvalue weighted by Crippen LogP contribution is -2.36. The normalized spacial score (nSPS) is 19.1. The van der Waals surface area contributed by atoms with E-state index in [0.717, 1.165) is 18.7 Å². The molecule has 3 N–H and O–H groups in total. The van der Waals surface area contributed by atoms with Crippen LogP contribution in [0.5, 0.6) is 0 Å². The van der Waals surface area contributed by atoms with E-state index in [1.165, 1.54) is 24.9 Å². The highest BCUT2D eigenvalue weighted by molar-refractivity contribution is 5.78. The van der Waals surface area contributed by atoms with Gasteiger partial charge in [0.15, 0.2) is 0 Å². The molecule has 0 aromatic heterocycles. The van der Waals surface area contributed by atoms with Gasteiger partial charge in [-0.15, -0.1) is 0 Å². The van der Waals surface area contributed by atoms with Gasteiger partial charge in [-0.05, 0) is 44.6 Å². The zero-order valence-electron chi connectivity index (χ0n) is 13.0. The molecule has 1 aliphatic rings. The summed E-state index contributed by atoms with van der Waals surface area (Å²) in [7, 11) is 4.34. The van der Waals surface area contributed by atoms with E-state index in [1.54, 1.807) is 0 Å². The molecular formula is C16H26N4O. The van der Waals surface area contributed by atoms with Crippen LogP contribution in [0.2, 0.25) is 0 Å². The first-order chi connectivity index (χ1) is 10.1. The van der Waals surface area contributed by atoms with Crippen molar-refractivity contribution >= 4 is 5.91 Å². The summed E-state index contributed by atoms with van der Waals surface area (Å²) in [6, 6.07) is 8.73. The van der Waals surface area contributed by atoms with E-state index >= 15 is 0 Å². The molecule has 0 aliphatic carbocycles. The number of likely N-dealkylation sites (tertiary alicyclic amines) is 1. The van der Waals surface area contributed by atoms with Crippen molar-refractivity contribution in [2.45, 2.75) is 31.8 Å². The van der Waals surface area contributed by atoms with Crippen molar-refractivity contribution in [3.63, 3.8) is 0 Å². The monoisotopic (exact) mass is 290 g/mol. The Hall–Kier alpha value is -1.43. The summed E-state index contributed by atoms with van der Waals surface area (Å²) in [4.78, 5) is 16.3. The predicted octanol–water partition coefficient (Wildman–Crippen LogP) is 0.745. The fourth-order valence-electron chi connectivity index (χ4n) is 3.03. The average Bonchev–Trinajstić information content (AvgIpc) is 2.86. The highest BCUT2D eigenvalue weighted by Crippen LogP contribution is 2.17. The minimum Gasteiger partial charge on any atom is -0.302 e. The smallest absolute Gasteiger partial charge is 0.238 e. The number of amides is 1. The van der Waals surface area contributed by atoms with Gasteiger partial charge >= 0.3 is 0 Å². The van der Waals surface area contributed by atoms with E-state index in [0.29, 0.717) is 12.5 Å². The Morgan fingerprint density at radius 3 is 2.76 bits per heavy atom. The maximum atomic E-state index is 11.5. The lowest BCUT2D eigenvalue weighted by molar-refractivity contribution is -0.120. The number of likely N-dealkylation sites (N-methyl/N-ethyl adjacent to an activating group) is 2. The van der Waals surface area contributed by atoms with Gasteiger partial charge in [0, 0.05) is 19.1 Å². The van der Waals surface area contributed by atoms with Gasteiger partial charge in [-0.3, -0.25) is 10.2 Å². The van der Waals surface area contributed by atoms with Gasteiger partial charge in [-0.25, -0.2) is 5.84 Å². The van der Waals surface area contributed by atoms with Gasteiger partial charge in [0.2, 0.25) is 5.91 Å². The molecule has 0 bridgehead atoms. The molecule has 0 spiro atoms. The SMILES string of the molecule is CN(Cc1ccccc1CC(=O)NN)CC1CCCN1C. The summed E-state index contributed by atoms with van der Waals surface area (Å²) in [5.41, 5.74) is 4.45. The molecule has 1 heterocycles. The second-order valence-corrected chi connectivity index (χ2v) is 5.99. The Morgan fingerprint density at radius 1 is 1.43 bits per heavy atom. The minimum absolute atomic E-state index is 0.152. The summed E-state index contributed by atoms with van der Waals surface area (Å²) < 4.78 is 0. The van der Waals surface area contributed by atoms with Crippen molar-refractivity contribution in [1.29, 1.82) is 0 Å². The Kier molecular flexibility index (Phi) is 5.73. The van der Waals surface area contributed by atoms with Crippen LogP contribution in [0.4, 0.5) is 0 Å². The third kappa shape index (κ3) is 4.52. The summed E-state index contributed by atoms with van der Waals surface area (Å²) in [5.74, 6) is 5.03. The fraction of sp³-hybridized carbons (Fsp3) is 0.562. The van der Waals surface area contributed by atoms with E-state index < -0.39 is 0 Å². The molecule has 1 atom stereocenters. The lowest BCUT2D eigenvalue weighted by Gasteiger charge is -2.26. The van der Waals surface area contributed by atoms with Gasteiger partial charge < -0.3 is 9.80 Å². The van der Waals surface area contributed by atoms with Crippen LogP contribution >= 0.6 is 0 Å². The second-order valence-electron chi connectivity index (χ2n) is 5.99. The molecule has 0 saturated carbocycles. The molecule has 1 amide bonds. The molecule has 0 radical (unpaired) electrons. The first-order valence-corrected chi connectivity index (χ1v) is 7.55. The van der Waals surface area contributed by atoms with Gasteiger partial charge in [0.1, 0.15) is 0 Å². The van der Waals surface area contributed by atoms with Crippen molar-refractivity contribution in [2.75, 3.05) is 27.2 Å². The summed E-state index contributed by atoms with van der Waals surface area (Å²) in [6.45, 7) is 3.12. The maximum Gasteiger partial charge on any atom is 0.238 e. The molecule has 21 heavy (non-hydrogen) atoms. The lowest BCUT2D eigenvalue weighted by atomic mass is 10.0. The zero-order chi connectivity index (χ0) is 15.2. The molecule has 1 aromatic carbocycles. The summed E-state index contributed by atoms with van der Waals surface area (Å²) in [5, 5.41) is 0. The molecule has 1 aromatic rings. The Bertz CT molecular complexity index is 477. The van der Waals surface area contributed by atoms with Crippen LogP contribution < -0.4 is 11.3 Å². The topological polar surface area (TPSA) is 61.6 Å². The van der Waals surface area contributed by atoms with E-state index in [1.807, 2.05) is 18.2 Å². The van der Waals surface area contributed by atoms with Crippen LogP contribution in [0.3, 0.4) is 0 Å². The molecule has 5 nitrogen and oxygen atoms in total. The predicted molar refractivity (Wildman–Crippen MR) is 84.5 cm³/mol. The summed E-state index contributed by atoms with van der Waals surface area (Å²) in [6.07, 6.45) is 2.91. The molecule has 2 rings (SSSR count). The third-order valence-electron chi connectivity index (χ3n) is 4.26. The third-order valence-corrected chi connectivity index (χ3v) is 4.26. The number of carbonyl (C=O) groups excluding carboxylic acids is 1. The van der Waals surface area contributed by atoms with Crippen LogP contribution in [0.1, 0.15) is 24.0 Å². The Labute approximate surface area is 127 Å². The van der Waals surface area contributed by atoms with Gasteiger partial charge in [0.25, 0.3) is 0 Å². The number of hydrogen-bond acceptors (Lipinski definition) is 4. The number of nitrogens with two attached hydrogens (primary N) is 1. The molecule has 5 heteroatoms. The first kappa shape index (κ1) is 15.9. The van der Waals surface area contributed by atoms with Crippen LogP contribution in [0.25, 0.3) is 0 Å². The molecule has 1 fully saturated rings. The maximum absolute atomic E-state index is 11.5. The van der Waals surface area contributed by atoms with Crippen LogP contribution in [-0.2, 0) is 17.8 Å². The number of hydrazine groups is 1. The van der Waals surface area contributed by atoms with Crippen molar-refractivity contribution in [2.24, 2.45) is 5.84 Å². The fourth-order valence-corrected chi connectivity index (χ4v) is 3.03. The number of nitrogens with one attached hydrogen (secondary N) is 1. The van der Waals surface area contributed by atoms with E-state index in [2.05, 4.69) is 35.4 Å². The number of hydrogen-bond donors (Lipinski definition) is 2. The first-order valence-electron chi connectivity index (χ1n) is 7.55. The molecule has 1 saturated heterocycles. The second kappa shape index (κ2) is 7.54. The molecule has 1 unspecified atom stereocenters. The minimum atomic E-state index is -0.152. The highest BCUT2D eigenvalue weighted by Gasteiger charge is 2.22. The Balaban J connectivity index is 1.96. The van der Waals surface area contributed by atoms with Crippen molar-refractivity contribution in [3.05, 3.63) is 35.4 Å². The largest absolute Gasteiger partial charge is 0.302 e. The standard InChI is InChI=1S/C16H26N4O/c1-19(12-15-8-5-9-20(15)2)11-14-7-4-3-6-13(14)10-16(21)18-17/h3-4,6-7,15H,5,8-12,17H2,1-2H3,(H,18,21). The highest BCUT2D eigenvalue weighted by atomic mass is 16.2. The van der Waals surface area contributed by atoms with Gasteiger partial charge in [0.05, 0.1) is 6.42 Å². The van der Waals surface area contributed by atoms with E-state index in [-0.39, 0.29) is 5.91 Å². The van der Waals surface area contributed by atoms with Crippen molar-refractivity contribution in [3.8, 4) is 0 Å². The van der Waals surface area contributed by atoms with Crippen molar-refractivity contribution < 1.29 is 4.79 Å². The molecule has 116 valence electrons. The average molecular weight is 290 g/mol. The number of nitrogens with zero attached hydrogens (tertiary/aromatic N) is 2. The Morgan fingerprint density at radius 2 is 2.14 bits per heavy atom. The molecule has 1 aliphatic heterocycles. The van der Waals surface area contributed by atoms with Crippen molar-refractivity contribution in [1.82, 2.24) is 15.2 Å². The van der Waals surface area contributed by atoms with E-state index in [4.69, 9.17) is 5.84 Å². The van der Waals surface area contributed by atoms with Gasteiger partial charge in [-0.2, -0.15) is 0 Å². The number of benzene rings is 1. The molecular weight excluding hydrogens is 264 g/mol. The quantitative estimate of drug-likeness (QED) is 0.461. The van der Waals surface area contributed by atoms with Crippen LogP contribution in [-0.4, -0.2) is 48.9 Å². The van der Waals surface area contributed by atoms with Crippen LogP contribution in [0, 0.1) is 0 Å². The summed E-state index contributed by atoms with van der Waals surface area (Å²) >= 11 is 0. The van der Waals surface area contributed by atoms with E-state index in [9.17, 15) is 4.79 Å². The van der Waals surface area contributed by atoms with Gasteiger partial charge in [-0.1, -0.05) is 24.3 Å². The number of carbonyl (C=O) groups is 1. The number of rotatable bonds is 6.